The van der Waals surface area contributed by atoms with Gasteiger partial charge in [-0.25, -0.2) is 14.5 Å². The number of aromatic nitrogens is 3. The first-order valence-corrected chi connectivity index (χ1v) is 4.77. The van der Waals surface area contributed by atoms with Gasteiger partial charge in [0.25, 0.3) is 0 Å². The molecular weight excluding hydrogens is 182 g/mol. The molecule has 1 aromatic rings. The van der Waals surface area contributed by atoms with Gasteiger partial charge < -0.3 is 4.74 Å². The molecule has 0 aliphatic heterocycles. The van der Waals surface area contributed by atoms with Crippen LogP contribution in [-0.2, 0) is 11.3 Å². The molecule has 1 aliphatic carbocycles. The molecular formula is C9H13N3O2. The monoisotopic (exact) mass is 195 g/mol. The van der Waals surface area contributed by atoms with E-state index in [-0.39, 0.29) is 0 Å². The minimum atomic E-state index is -0.418. The Morgan fingerprint density at radius 1 is 1.71 bits per heavy atom. The molecule has 0 aromatic carbocycles. The van der Waals surface area contributed by atoms with Crippen LogP contribution in [0.1, 0.15) is 29.9 Å². The predicted octanol–water partition coefficient (Wildman–Crippen LogP) is 0.865. The number of esters is 1. The van der Waals surface area contributed by atoms with E-state index in [0.29, 0.717) is 5.82 Å². The second-order valence-corrected chi connectivity index (χ2v) is 3.53. The van der Waals surface area contributed by atoms with Gasteiger partial charge >= 0.3 is 5.97 Å². The lowest BCUT2D eigenvalue weighted by Crippen LogP contribution is -2.13. The Hall–Kier alpha value is -1.39. The van der Waals surface area contributed by atoms with Gasteiger partial charge in [-0.1, -0.05) is 12.8 Å². The van der Waals surface area contributed by atoms with E-state index in [2.05, 4.69) is 14.8 Å². The zero-order valence-corrected chi connectivity index (χ0v) is 8.14. The third kappa shape index (κ3) is 1.92. The fraction of sp³-hybridized carbons (Fsp3) is 0.667. The SMILES string of the molecule is COC(=O)c1ncnn1CCC1CC1. The van der Waals surface area contributed by atoms with Gasteiger partial charge in [-0.05, 0) is 12.3 Å². The number of carbonyl (C=O) groups excluding carboxylic acids is 1. The molecule has 5 heteroatoms. The minimum Gasteiger partial charge on any atom is -0.463 e. The minimum absolute atomic E-state index is 0.299. The third-order valence-electron chi connectivity index (χ3n) is 2.43. The average molecular weight is 195 g/mol. The summed E-state index contributed by atoms with van der Waals surface area (Å²) in [5, 5.41) is 3.99. The van der Waals surface area contributed by atoms with E-state index in [4.69, 9.17) is 0 Å². The summed E-state index contributed by atoms with van der Waals surface area (Å²) >= 11 is 0. The van der Waals surface area contributed by atoms with Crippen molar-refractivity contribution in [3.63, 3.8) is 0 Å². The Labute approximate surface area is 82.1 Å². The van der Waals surface area contributed by atoms with Gasteiger partial charge in [0.2, 0.25) is 5.82 Å². The molecule has 0 radical (unpaired) electrons. The number of hydrogen-bond acceptors (Lipinski definition) is 4. The molecule has 0 saturated heterocycles. The number of ether oxygens (including phenoxy) is 1. The second-order valence-electron chi connectivity index (χ2n) is 3.53. The number of methoxy groups -OCH3 is 1. The fourth-order valence-electron chi connectivity index (χ4n) is 1.39. The first kappa shape index (κ1) is 9.18. The largest absolute Gasteiger partial charge is 0.463 e. The summed E-state index contributed by atoms with van der Waals surface area (Å²) in [6, 6.07) is 0. The molecule has 0 atom stereocenters. The number of carbonyl (C=O) groups is 1. The van der Waals surface area contributed by atoms with Crippen LogP contribution in [0.4, 0.5) is 0 Å². The zero-order chi connectivity index (χ0) is 9.97. The first-order valence-electron chi connectivity index (χ1n) is 4.77. The smallest absolute Gasteiger partial charge is 0.375 e. The van der Waals surface area contributed by atoms with Crippen molar-refractivity contribution in [1.82, 2.24) is 14.8 Å². The average Bonchev–Trinajstić information content (AvgIpc) is 2.92. The van der Waals surface area contributed by atoms with Crippen LogP contribution >= 0.6 is 0 Å². The van der Waals surface area contributed by atoms with Crippen LogP contribution < -0.4 is 0 Å². The van der Waals surface area contributed by atoms with Crippen molar-refractivity contribution in [2.45, 2.75) is 25.8 Å². The van der Waals surface area contributed by atoms with Crippen molar-refractivity contribution in [2.24, 2.45) is 5.92 Å². The first-order chi connectivity index (χ1) is 6.81. The van der Waals surface area contributed by atoms with E-state index in [1.165, 1.54) is 26.3 Å². The summed E-state index contributed by atoms with van der Waals surface area (Å²) in [4.78, 5) is 15.1. The van der Waals surface area contributed by atoms with Gasteiger partial charge in [-0.3, -0.25) is 0 Å². The highest BCUT2D eigenvalue weighted by Gasteiger charge is 2.22. The summed E-state index contributed by atoms with van der Waals surface area (Å²) in [6.07, 6.45) is 5.08. The van der Waals surface area contributed by atoms with Crippen molar-refractivity contribution in [3.05, 3.63) is 12.2 Å². The van der Waals surface area contributed by atoms with Gasteiger partial charge in [-0.15, -0.1) is 0 Å². The molecule has 0 bridgehead atoms. The van der Waals surface area contributed by atoms with Gasteiger partial charge in [-0.2, -0.15) is 5.10 Å². The van der Waals surface area contributed by atoms with Gasteiger partial charge in [0.15, 0.2) is 0 Å². The molecule has 0 amide bonds. The Bertz CT molecular complexity index is 331. The Kier molecular flexibility index (Phi) is 2.47. The van der Waals surface area contributed by atoms with Crippen LogP contribution in [0, 0.1) is 5.92 Å². The van der Waals surface area contributed by atoms with Crippen molar-refractivity contribution in [3.8, 4) is 0 Å². The predicted molar refractivity (Wildman–Crippen MR) is 48.7 cm³/mol. The standard InChI is InChI=1S/C9H13N3O2/c1-14-9(13)8-10-6-11-12(8)5-4-7-2-3-7/h6-7H,2-5H2,1H3. The molecule has 5 nitrogen and oxygen atoms in total. The lowest BCUT2D eigenvalue weighted by molar-refractivity contribution is 0.0579. The molecule has 1 aromatic heterocycles. The lowest BCUT2D eigenvalue weighted by Gasteiger charge is -2.02. The normalized spacial score (nSPS) is 15.5. The van der Waals surface area contributed by atoms with Crippen LogP contribution in [0.5, 0.6) is 0 Å². The highest BCUT2D eigenvalue weighted by Crippen LogP contribution is 2.32. The van der Waals surface area contributed by atoms with E-state index in [0.717, 1.165) is 18.9 Å². The second kappa shape index (κ2) is 3.77. The van der Waals surface area contributed by atoms with Crippen LogP contribution in [0.2, 0.25) is 0 Å². The van der Waals surface area contributed by atoms with Crippen molar-refractivity contribution >= 4 is 5.97 Å². The highest BCUT2D eigenvalue weighted by atomic mass is 16.5. The lowest BCUT2D eigenvalue weighted by atomic mass is 10.3. The van der Waals surface area contributed by atoms with Crippen LogP contribution in [0.25, 0.3) is 0 Å². The molecule has 76 valence electrons. The maximum absolute atomic E-state index is 11.2. The molecule has 1 heterocycles. The van der Waals surface area contributed by atoms with E-state index >= 15 is 0 Å². The summed E-state index contributed by atoms with van der Waals surface area (Å²) in [5.74, 6) is 0.705. The van der Waals surface area contributed by atoms with Crippen molar-refractivity contribution < 1.29 is 9.53 Å². The topological polar surface area (TPSA) is 57.0 Å². The van der Waals surface area contributed by atoms with Gasteiger partial charge in [0.05, 0.1) is 7.11 Å². The number of aryl methyl sites for hydroxylation is 1. The Balaban J connectivity index is 2.00. The van der Waals surface area contributed by atoms with Gasteiger partial charge in [0, 0.05) is 6.54 Å². The summed E-state index contributed by atoms with van der Waals surface area (Å²) in [7, 11) is 1.35. The van der Waals surface area contributed by atoms with Crippen LogP contribution in [-0.4, -0.2) is 27.8 Å². The van der Waals surface area contributed by atoms with E-state index < -0.39 is 5.97 Å². The fourth-order valence-corrected chi connectivity index (χ4v) is 1.39. The molecule has 1 fully saturated rings. The molecule has 14 heavy (non-hydrogen) atoms. The van der Waals surface area contributed by atoms with Crippen LogP contribution in [0.15, 0.2) is 6.33 Å². The third-order valence-corrected chi connectivity index (χ3v) is 2.43. The van der Waals surface area contributed by atoms with Crippen LogP contribution in [0.3, 0.4) is 0 Å². The summed E-state index contributed by atoms with van der Waals surface area (Å²) < 4.78 is 6.21. The van der Waals surface area contributed by atoms with Crippen molar-refractivity contribution in [2.75, 3.05) is 7.11 Å². The van der Waals surface area contributed by atoms with E-state index in [9.17, 15) is 4.79 Å². The quantitative estimate of drug-likeness (QED) is 0.669. The molecule has 0 spiro atoms. The molecule has 1 aliphatic rings. The van der Waals surface area contributed by atoms with Gasteiger partial charge in [0.1, 0.15) is 6.33 Å². The number of rotatable bonds is 4. The molecule has 0 N–H and O–H groups in total. The summed E-state index contributed by atoms with van der Waals surface area (Å²) in [5.41, 5.74) is 0. The highest BCUT2D eigenvalue weighted by molar-refractivity contribution is 5.85. The molecule has 2 rings (SSSR count). The van der Waals surface area contributed by atoms with E-state index in [1.54, 1.807) is 4.68 Å². The molecule has 0 unspecified atom stereocenters. The number of hydrogen-bond donors (Lipinski definition) is 0. The Morgan fingerprint density at radius 3 is 3.14 bits per heavy atom. The van der Waals surface area contributed by atoms with E-state index in [1.807, 2.05) is 0 Å². The molecule has 1 saturated carbocycles. The summed E-state index contributed by atoms with van der Waals surface area (Å²) in [6.45, 7) is 0.759. The maximum Gasteiger partial charge on any atom is 0.375 e. The van der Waals surface area contributed by atoms with Crippen molar-refractivity contribution in [1.29, 1.82) is 0 Å². The Morgan fingerprint density at radius 2 is 2.50 bits per heavy atom. The number of nitrogens with zero attached hydrogens (tertiary/aromatic N) is 3. The zero-order valence-electron chi connectivity index (χ0n) is 8.14. The maximum atomic E-state index is 11.2.